The lowest BCUT2D eigenvalue weighted by molar-refractivity contribution is 0.373. The first-order valence-electron chi connectivity index (χ1n) is 9.27. The third-order valence-electron chi connectivity index (χ3n) is 2.93. The Morgan fingerprint density at radius 3 is 2.00 bits per heavy atom. The molecule has 1 aliphatic rings. The Kier molecular flexibility index (Phi) is 13.9. The van der Waals surface area contributed by atoms with E-state index in [2.05, 4.69) is 47.3 Å². The van der Waals surface area contributed by atoms with Crippen molar-refractivity contribution >= 4 is 5.82 Å². The van der Waals surface area contributed by atoms with Crippen molar-refractivity contribution in [1.82, 2.24) is 15.5 Å². The van der Waals surface area contributed by atoms with Crippen LogP contribution in [0.1, 0.15) is 74.4 Å². The average Bonchev–Trinajstić information content (AvgIpc) is 3.00. The number of aryl methyl sites for hydroxylation is 1. The van der Waals surface area contributed by atoms with Crippen molar-refractivity contribution in [3.63, 3.8) is 0 Å². The first-order chi connectivity index (χ1) is 10.9. The Bertz CT molecular complexity index is 368. The van der Waals surface area contributed by atoms with Crippen LogP contribution < -0.4 is 10.2 Å². The summed E-state index contributed by atoms with van der Waals surface area (Å²) in [5, 5.41) is 12.0. The van der Waals surface area contributed by atoms with E-state index in [1.165, 1.54) is 6.42 Å². The van der Waals surface area contributed by atoms with Crippen LogP contribution in [0.4, 0.5) is 5.82 Å². The highest BCUT2D eigenvalue weighted by atomic mass is 15.3. The van der Waals surface area contributed by atoms with Crippen LogP contribution in [0.5, 0.6) is 0 Å². The van der Waals surface area contributed by atoms with Crippen LogP contribution in [0, 0.1) is 6.92 Å². The smallest absolute Gasteiger partial charge is 0.151 e. The summed E-state index contributed by atoms with van der Waals surface area (Å²) in [6, 6.07) is 4.63. The number of hydrogen-bond donors (Lipinski definition) is 1. The molecule has 1 aliphatic heterocycles. The van der Waals surface area contributed by atoms with Crippen LogP contribution >= 0.6 is 0 Å². The zero-order valence-electron chi connectivity index (χ0n) is 17.2. The highest BCUT2D eigenvalue weighted by Gasteiger charge is 2.26. The van der Waals surface area contributed by atoms with E-state index in [-0.39, 0.29) is 5.54 Å². The highest BCUT2D eigenvalue weighted by molar-refractivity contribution is 5.39. The monoisotopic (exact) mass is 324 g/mol. The molecule has 23 heavy (non-hydrogen) atoms. The van der Waals surface area contributed by atoms with Crippen molar-refractivity contribution in [2.24, 2.45) is 0 Å². The molecular weight excluding hydrogens is 284 g/mol. The fourth-order valence-electron chi connectivity index (χ4n) is 2.26. The number of nitrogens with one attached hydrogen (secondary N) is 1. The van der Waals surface area contributed by atoms with E-state index in [4.69, 9.17) is 0 Å². The molecule has 0 aliphatic carbocycles. The van der Waals surface area contributed by atoms with Crippen molar-refractivity contribution in [3.05, 3.63) is 17.8 Å². The molecule has 0 saturated carbocycles. The standard InChI is InChI=1S/C13H22N4.3C2H6/c1-10-5-6-12(16-15-10)17-8-7-11(9-17)14-13(2,3)4;3*1-2/h5-6,11,14H,7-9H2,1-4H3;3*1-2H3. The molecule has 136 valence electrons. The lowest BCUT2D eigenvalue weighted by Crippen LogP contribution is -2.45. The maximum atomic E-state index is 4.24. The van der Waals surface area contributed by atoms with Crippen molar-refractivity contribution < 1.29 is 0 Å². The number of hydrogen-bond acceptors (Lipinski definition) is 4. The van der Waals surface area contributed by atoms with Gasteiger partial charge in [0.1, 0.15) is 0 Å². The summed E-state index contributed by atoms with van der Waals surface area (Å²) in [5.74, 6) is 0.994. The zero-order valence-corrected chi connectivity index (χ0v) is 17.2. The summed E-state index contributed by atoms with van der Waals surface area (Å²) in [7, 11) is 0. The summed E-state index contributed by atoms with van der Waals surface area (Å²) in [4.78, 5) is 2.30. The molecule has 0 amide bonds. The van der Waals surface area contributed by atoms with Gasteiger partial charge in [0, 0.05) is 24.7 Å². The van der Waals surface area contributed by atoms with E-state index in [0.29, 0.717) is 6.04 Å². The quantitative estimate of drug-likeness (QED) is 0.846. The number of aromatic nitrogens is 2. The molecule has 4 heteroatoms. The molecule has 2 rings (SSSR count). The minimum absolute atomic E-state index is 0.180. The second-order valence-corrected chi connectivity index (χ2v) is 5.86. The Morgan fingerprint density at radius 2 is 1.57 bits per heavy atom. The average molecular weight is 325 g/mol. The molecule has 1 N–H and O–H groups in total. The van der Waals surface area contributed by atoms with Crippen LogP contribution in [0.3, 0.4) is 0 Å². The molecule has 0 bridgehead atoms. The van der Waals surface area contributed by atoms with Gasteiger partial charge in [-0.15, -0.1) is 5.10 Å². The normalized spacial score (nSPS) is 16.3. The molecule has 1 atom stereocenters. The van der Waals surface area contributed by atoms with Gasteiger partial charge in [-0.3, -0.25) is 0 Å². The summed E-state index contributed by atoms with van der Waals surface area (Å²) >= 11 is 0. The van der Waals surface area contributed by atoms with Crippen molar-refractivity contribution in [2.75, 3.05) is 18.0 Å². The molecule has 1 aromatic heterocycles. The van der Waals surface area contributed by atoms with Gasteiger partial charge >= 0.3 is 0 Å². The molecule has 2 heterocycles. The van der Waals surface area contributed by atoms with Gasteiger partial charge in [-0.1, -0.05) is 41.5 Å². The Balaban J connectivity index is 0. The SMILES string of the molecule is CC.CC.CC.Cc1ccc(N2CCC(NC(C)(C)C)C2)nn1. The van der Waals surface area contributed by atoms with Crippen LogP contribution in [-0.4, -0.2) is 34.9 Å². The number of rotatable bonds is 2. The lowest BCUT2D eigenvalue weighted by Gasteiger charge is -2.26. The van der Waals surface area contributed by atoms with Crippen LogP contribution in [0.25, 0.3) is 0 Å². The fourth-order valence-corrected chi connectivity index (χ4v) is 2.26. The fraction of sp³-hybridized carbons (Fsp3) is 0.789. The molecule has 0 spiro atoms. The predicted molar refractivity (Wildman–Crippen MR) is 104 cm³/mol. The molecule has 1 saturated heterocycles. The molecule has 0 radical (unpaired) electrons. The van der Waals surface area contributed by atoms with Crippen molar-refractivity contribution in [1.29, 1.82) is 0 Å². The van der Waals surface area contributed by atoms with E-state index in [1.54, 1.807) is 0 Å². The van der Waals surface area contributed by atoms with E-state index < -0.39 is 0 Å². The number of nitrogens with zero attached hydrogens (tertiary/aromatic N) is 3. The van der Waals surface area contributed by atoms with Gasteiger partial charge < -0.3 is 10.2 Å². The second kappa shape index (κ2) is 13.3. The summed E-state index contributed by atoms with van der Waals surface area (Å²) in [6.07, 6.45) is 1.17. The zero-order chi connectivity index (χ0) is 18.5. The van der Waals surface area contributed by atoms with Gasteiger partial charge in [0.05, 0.1) is 5.69 Å². The van der Waals surface area contributed by atoms with Gasteiger partial charge in [0.25, 0.3) is 0 Å². The largest absolute Gasteiger partial charge is 0.354 e. The summed E-state index contributed by atoms with van der Waals surface area (Å²) in [5.41, 5.74) is 1.15. The van der Waals surface area contributed by atoms with Crippen molar-refractivity contribution in [2.45, 2.75) is 87.2 Å². The molecule has 1 aromatic rings. The van der Waals surface area contributed by atoms with E-state index in [0.717, 1.165) is 24.6 Å². The lowest BCUT2D eigenvalue weighted by atomic mass is 10.1. The third kappa shape index (κ3) is 10.3. The predicted octanol–water partition coefficient (Wildman–Crippen LogP) is 4.83. The third-order valence-corrected chi connectivity index (χ3v) is 2.93. The van der Waals surface area contributed by atoms with Gasteiger partial charge in [-0.25, -0.2) is 0 Å². The van der Waals surface area contributed by atoms with Crippen molar-refractivity contribution in [3.8, 4) is 0 Å². The molecular formula is C19H40N4. The van der Waals surface area contributed by atoms with Crippen LogP contribution in [0.2, 0.25) is 0 Å². The maximum absolute atomic E-state index is 4.24. The minimum atomic E-state index is 0.180. The van der Waals surface area contributed by atoms with Gasteiger partial charge in [-0.2, -0.15) is 5.10 Å². The van der Waals surface area contributed by atoms with Gasteiger partial charge in [-0.05, 0) is 46.2 Å². The van der Waals surface area contributed by atoms with Crippen LogP contribution in [0.15, 0.2) is 12.1 Å². The van der Waals surface area contributed by atoms with Gasteiger partial charge in [0.2, 0.25) is 0 Å². The Morgan fingerprint density at radius 1 is 1.00 bits per heavy atom. The maximum Gasteiger partial charge on any atom is 0.151 e. The molecule has 1 unspecified atom stereocenters. The molecule has 0 aromatic carbocycles. The second-order valence-electron chi connectivity index (χ2n) is 5.86. The topological polar surface area (TPSA) is 41.0 Å². The van der Waals surface area contributed by atoms with Crippen LogP contribution in [-0.2, 0) is 0 Å². The first-order valence-corrected chi connectivity index (χ1v) is 9.27. The number of anilines is 1. The minimum Gasteiger partial charge on any atom is -0.354 e. The van der Waals surface area contributed by atoms with E-state index >= 15 is 0 Å². The summed E-state index contributed by atoms with van der Waals surface area (Å²) < 4.78 is 0. The molecule has 1 fully saturated rings. The Labute approximate surface area is 145 Å². The highest BCUT2D eigenvalue weighted by Crippen LogP contribution is 2.18. The van der Waals surface area contributed by atoms with E-state index in [9.17, 15) is 0 Å². The Hall–Kier alpha value is -1.16. The van der Waals surface area contributed by atoms with E-state index in [1.807, 2.05) is 54.5 Å². The van der Waals surface area contributed by atoms with Gasteiger partial charge in [0.15, 0.2) is 5.82 Å². The summed E-state index contributed by atoms with van der Waals surface area (Å²) in [6.45, 7) is 22.7. The molecule has 4 nitrogen and oxygen atoms in total. The first kappa shape index (κ1) is 24.1.